The fourth-order valence-electron chi connectivity index (χ4n) is 1.68. The number of nitrogens with two attached hydrogens (primary N) is 1. The third-order valence-electron chi connectivity index (χ3n) is 3.13. The van der Waals surface area contributed by atoms with Crippen LogP contribution in [0.15, 0.2) is 28.3 Å². The summed E-state index contributed by atoms with van der Waals surface area (Å²) in [6.07, 6.45) is 0. The molecule has 0 aromatic heterocycles. The van der Waals surface area contributed by atoms with Crippen LogP contribution in [0, 0.1) is 19.3 Å². The van der Waals surface area contributed by atoms with E-state index in [1.807, 2.05) is 13.0 Å². The number of benzene rings is 1. The minimum Gasteiger partial charge on any atom is -0.409 e. The molecule has 0 aliphatic carbocycles. The van der Waals surface area contributed by atoms with Crippen LogP contribution in [0.25, 0.3) is 0 Å². The molecule has 0 unspecified atom stereocenters. The predicted octanol–water partition coefficient (Wildman–Crippen LogP) is 1.35. The third-order valence-corrected chi connectivity index (χ3v) is 4.69. The molecule has 1 aromatic carbocycles. The molecule has 0 saturated heterocycles. The molecule has 0 spiro atoms. The summed E-state index contributed by atoms with van der Waals surface area (Å²) in [6.45, 7) is 7.06. The molecule has 112 valence electrons. The fourth-order valence-corrected chi connectivity index (χ4v) is 3.12. The SMILES string of the molecule is Cc1ccc(S(=O)(=O)NCC(C)(C)/C(N)=N/O)c(C)c1. The smallest absolute Gasteiger partial charge is 0.240 e. The lowest BCUT2D eigenvalue weighted by Gasteiger charge is -2.23. The average molecular weight is 299 g/mol. The molecule has 0 fully saturated rings. The molecule has 0 heterocycles. The lowest BCUT2D eigenvalue weighted by Crippen LogP contribution is -2.42. The maximum atomic E-state index is 12.3. The van der Waals surface area contributed by atoms with E-state index < -0.39 is 15.4 Å². The van der Waals surface area contributed by atoms with E-state index in [4.69, 9.17) is 10.9 Å². The number of oxime groups is 1. The first-order chi connectivity index (χ1) is 9.10. The van der Waals surface area contributed by atoms with Crippen molar-refractivity contribution in [2.75, 3.05) is 6.54 Å². The Hall–Kier alpha value is -1.60. The normalized spacial score (nSPS) is 13.5. The number of hydrogen-bond donors (Lipinski definition) is 3. The summed E-state index contributed by atoms with van der Waals surface area (Å²) in [7, 11) is -3.62. The van der Waals surface area contributed by atoms with Crippen molar-refractivity contribution in [3.63, 3.8) is 0 Å². The number of sulfonamides is 1. The van der Waals surface area contributed by atoms with Crippen LogP contribution in [-0.2, 0) is 10.0 Å². The molecule has 6 nitrogen and oxygen atoms in total. The Balaban J connectivity index is 2.97. The lowest BCUT2D eigenvalue weighted by molar-refractivity contribution is 0.307. The molecule has 0 aliphatic heterocycles. The number of amidine groups is 1. The Kier molecular flexibility index (Phi) is 4.77. The van der Waals surface area contributed by atoms with E-state index in [1.165, 1.54) is 0 Å². The summed E-state index contributed by atoms with van der Waals surface area (Å²) < 4.78 is 27.0. The summed E-state index contributed by atoms with van der Waals surface area (Å²) in [5.74, 6) is -0.0270. The van der Waals surface area contributed by atoms with Gasteiger partial charge in [0.25, 0.3) is 0 Å². The number of nitrogens with zero attached hydrogens (tertiary/aromatic N) is 1. The highest BCUT2D eigenvalue weighted by Crippen LogP contribution is 2.19. The van der Waals surface area contributed by atoms with Crippen LogP contribution in [0.5, 0.6) is 0 Å². The zero-order valence-corrected chi connectivity index (χ0v) is 13.0. The van der Waals surface area contributed by atoms with Crippen molar-refractivity contribution in [3.05, 3.63) is 29.3 Å². The first kappa shape index (κ1) is 16.5. The topological polar surface area (TPSA) is 105 Å². The summed E-state index contributed by atoms with van der Waals surface area (Å²) in [4.78, 5) is 0.235. The van der Waals surface area contributed by atoms with Crippen LogP contribution in [0.3, 0.4) is 0 Å². The van der Waals surface area contributed by atoms with Crippen molar-refractivity contribution in [1.82, 2.24) is 4.72 Å². The minimum absolute atomic E-state index is 0.0270. The van der Waals surface area contributed by atoms with Crippen LogP contribution >= 0.6 is 0 Å². The van der Waals surface area contributed by atoms with Crippen molar-refractivity contribution in [1.29, 1.82) is 0 Å². The van der Waals surface area contributed by atoms with Gasteiger partial charge < -0.3 is 10.9 Å². The zero-order chi connectivity index (χ0) is 15.6. The van der Waals surface area contributed by atoms with Gasteiger partial charge in [0.05, 0.1) is 4.90 Å². The molecule has 0 radical (unpaired) electrons. The van der Waals surface area contributed by atoms with Crippen molar-refractivity contribution in [3.8, 4) is 0 Å². The second-order valence-electron chi connectivity index (χ2n) is 5.46. The summed E-state index contributed by atoms with van der Waals surface area (Å²) >= 11 is 0. The van der Waals surface area contributed by atoms with Crippen molar-refractivity contribution in [2.24, 2.45) is 16.3 Å². The molecule has 1 rings (SSSR count). The Labute approximate surface area is 119 Å². The monoisotopic (exact) mass is 299 g/mol. The molecule has 0 amide bonds. The van der Waals surface area contributed by atoms with Crippen LogP contribution in [0.4, 0.5) is 0 Å². The van der Waals surface area contributed by atoms with E-state index in [1.54, 1.807) is 32.9 Å². The maximum Gasteiger partial charge on any atom is 0.240 e. The fraction of sp³-hybridized carbons (Fsp3) is 0.462. The molecule has 0 aliphatic rings. The Morgan fingerprint density at radius 1 is 1.40 bits per heavy atom. The maximum absolute atomic E-state index is 12.3. The van der Waals surface area contributed by atoms with Gasteiger partial charge >= 0.3 is 0 Å². The van der Waals surface area contributed by atoms with Gasteiger partial charge in [-0.05, 0) is 25.5 Å². The van der Waals surface area contributed by atoms with Gasteiger partial charge in [-0.1, -0.05) is 36.7 Å². The van der Waals surface area contributed by atoms with Gasteiger partial charge in [-0.2, -0.15) is 0 Å². The molecule has 20 heavy (non-hydrogen) atoms. The molecule has 7 heteroatoms. The Morgan fingerprint density at radius 3 is 2.50 bits per heavy atom. The Bertz CT molecular complexity index is 622. The van der Waals surface area contributed by atoms with E-state index in [0.29, 0.717) is 5.56 Å². The Morgan fingerprint density at radius 2 is 2.00 bits per heavy atom. The lowest BCUT2D eigenvalue weighted by atomic mass is 9.93. The van der Waals surface area contributed by atoms with Crippen molar-refractivity contribution in [2.45, 2.75) is 32.6 Å². The molecular formula is C13H21N3O3S. The van der Waals surface area contributed by atoms with Crippen molar-refractivity contribution < 1.29 is 13.6 Å². The zero-order valence-electron chi connectivity index (χ0n) is 12.1. The largest absolute Gasteiger partial charge is 0.409 e. The molecule has 1 aromatic rings. The molecule has 0 saturated carbocycles. The van der Waals surface area contributed by atoms with Crippen molar-refractivity contribution >= 4 is 15.9 Å². The summed E-state index contributed by atoms with van der Waals surface area (Å²) in [5, 5.41) is 11.6. The van der Waals surface area contributed by atoms with Gasteiger partial charge in [0, 0.05) is 12.0 Å². The standard InChI is InChI=1S/C13H21N3O3S/c1-9-5-6-11(10(2)7-9)20(18,19)15-8-13(3,4)12(14)16-17/h5-7,15,17H,8H2,1-4H3,(H2,14,16). The van der Waals surface area contributed by atoms with Gasteiger partial charge in [0.1, 0.15) is 5.84 Å². The predicted molar refractivity (Wildman–Crippen MR) is 78.3 cm³/mol. The second kappa shape index (κ2) is 5.80. The summed E-state index contributed by atoms with van der Waals surface area (Å²) in [6, 6.07) is 5.13. The van der Waals surface area contributed by atoms with E-state index in [0.717, 1.165) is 5.56 Å². The van der Waals surface area contributed by atoms with E-state index >= 15 is 0 Å². The van der Waals surface area contributed by atoms with Crippen LogP contribution in [0.1, 0.15) is 25.0 Å². The van der Waals surface area contributed by atoms with Gasteiger partial charge in [-0.15, -0.1) is 0 Å². The number of nitrogens with one attached hydrogen (secondary N) is 1. The quantitative estimate of drug-likeness (QED) is 0.330. The number of hydrogen-bond acceptors (Lipinski definition) is 4. The molecular weight excluding hydrogens is 278 g/mol. The van der Waals surface area contributed by atoms with E-state index in [2.05, 4.69) is 9.88 Å². The number of aryl methyl sites for hydroxylation is 2. The van der Waals surface area contributed by atoms with Crippen LogP contribution < -0.4 is 10.5 Å². The second-order valence-corrected chi connectivity index (χ2v) is 7.20. The third kappa shape index (κ3) is 3.71. The first-order valence-corrected chi connectivity index (χ1v) is 7.63. The average Bonchev–Trinajstić information content (AvgIpc) is 2.35. The van der Waals surface area contributed by atoms with E-state index in [9.17, 15) is 8.42 Å². The highest BCUT2D eigenvalue weighted by atomic mass is 32.2. The molecule has 0 atom stereocenters. The molecule has 0 bridgehead atoms. The first-order valence-electron chi connectivity index (χ1n) is 6.15. The van der Waals surface area contributed by atoms with E-state index in [-0.39, 0.29) is 17.3 Å². The van der Waals surface area contributed by atoms with Gasteiger partial charge in [-0.25, -0.2) is 13.1 Å². The van der Waals surface area contributed by atoms with Gasteiger partial charge in [-0.3, -0.25) is 0 Å². The van der Waals surface area contributed by atoms with Gasteiger partial charge in [0.2, 0.25) is 10.0 Å². The molecule has 4 N–H and O–H groups in total. The highest BCUT2D eigenvalue weighted by Gasteiger charge is 2.27. The van der Waals surface area contributed by atoms with Gasteiger partial charge in [0.15, 0.2) is 0 Å². The number of rotatable bonds is 5. The van der Waals surface area contributed by atoms with Crippen LogP contribution in [0.2, 0.25) is 0 Å². The minimum atomic E-state index is -3.62. The summed E-state index contributed by atoms with van der Waals surface area (Å²) in [5.41, 5.74) is 6.43. The van der Waals surface area contributed by atoms with Crippen LogP contribution in [-0.4, -0.2) is 26.0 Å². The highest BCUT2D eigenvalue weighted by molar-refractivity contribution is 7.89.